The van der Waals surface area contributed by atoms with E-state index < -0.39 is 12.1 Å². The summed E-state index contributed by atoms with van der Waals surface area (Å²) in [7, 11) is 0. The maximum atomic E-state index is 11.6. The minimum Gasteiger partial charge on any atom is -0.478 e. The van der Waals surface area contributed by atoms with E-state index in [4.69, 9.17) is 21.4 Å². The van der Waals surface area contributed by atoms with Crippen LogP contribution in [0.2, 0.25) is 0 Å². The topological polar surface area (TPSA) is 101 Å². The lowest BCUT2D eigenvalue weighted by molar-refractivity contribution is 0.0695. The van der Waals surface area contributed by atoms with Crippen molar-refractivity contribution in [3.05, 3.63) is 53.3 Å². The van der Waals surface area contributed by atoms with Crippen LogP contribution in [0.3, 0.4) is 0 Å². The number of aromatic carboxylic acids is 1. The van der Waals surface area contributed by atoms with Gasteiger partial charge in [-0.1, -0.05) is 30.3 Å². The highest BCUT2D eigenvalue weighted by atomic mass is 35.5. The highest BCUT2D eigenvalue weighted by Crippen LogP contribution is 2.11. The number of anilines is 1. The normalized spacial score (nSPS) is 10.0. The number of carbonyl (C=O) groups is 2. The van der Waals surface area contributed by atoms with Crippen molar-refractivity contribution in [1.82, 2.24) is 9.97 Å². The van der Waals surface area contributed by atoms with Gasteiger partial charge < -0.3 is 9.84 Å². The van der Waals surface area contributed by atoms with Crippen molar-refractivity contribution in [2.24, 2.45) is 0 Å². The van der Waals surface area contributed by atoms with Crippen molar-refractivity contribution >= 4 is 29.6 Å². The molecule has 1 aromatic carbocycles. The number of rotatable bonds is 5. The lowest BCUT2D eigenvalue weighted by atomic mass is 10.2. The SMILES string of the molecule is O=C(Nc1ncc(C(=O)O)c(CCl)n1)OCc1ccccc1. The first kappa shape index (κ1) is 15.7. The Morgan fingerprint density at radius 1 is 1.27 bits per heavy atom. The molecular formula is C14H12ClN3O4. The van der Waals surface area contributed by atoms with Crippen LogP contribution in [0.4, 0.5) is 10.7 Å². The van der Waals surface area contributed by atoms with Gasteiger partial charge >= 0.3 is 12.1 Å². The molecule has 1 amide bonds. The summed E-state index contributed by atoms with van der Waals surface area (Å²) in [5.41, 5.74) is 0.835. The number of halogens is 1. The van der Waals surface area contributed by atoms with Crippen LogP contribution in [0.1, 0.15) is 21.6 Å². The van der Waals surface area contributed by atoms with Gasteiger partial charge in [0.05, 0.1) is 11.6 Å². The van der Waals surface area contributed by atoms with E-state index in [2.05, 4.69) is 15.3 Å². The van der Waals surface area contributed by atoms with Gasteiger partial charge in [-0.3, -0.25) is 5.32 Å². The Labute approximate surface area is 130 Å². The highest BCUT2D eigenvalue weighted by Gasteiger charge is 2.14. The molecule has 2 rings (SSSR count). The predicted octanol–water partition coefficient (Wildman–Crippen LogP) is 2.66. The number of nitrogens with one attached hydrogen (secondary N) is 1. The molecule has 8 heteroatoms. The Bertz CT molecular complexity index is 679. The fourth-order valence-corrected chi connectivity index (χ4v) is 1.81. The van der Waals surface area contributed by atoms with E-state index >= 15 is 0 Å². The lowest BCUT2D eigenvalue weighted by Crippen LogP contribution is -2.17. The highest BCUT2D eigenvalue weighted by molar-refractivity contribution is 6.17. The van der Waals surface area contributed by atoms with Gasteiger partial charge in [0.1, 0.15) is 12.2 Å². The molecule has 0 aliphatic heterocycles. The van der Waals surface area contributed by atoms with Crippen LogP contribution >= 0.6 is 11.6 Å². The minimum atomic E-state index is -1.19. The summed E-state index contributed by atoms with van der Waals surface area (Å²) >= 11 is 5.63. The lowest BCUT2D eigenvalue weighted by Gasteiger charge is -2.07. The minimum absolute atomic E-state index is 0.0706. The maximum absolute atomic E-state index is 11.6. The van der Waals surface area contributed by atoms with Gasteiger partial charge in [-0.15, -0.1) is 11.6 Å². The predicted molar refractivity (Wildman–Crippen MR) is 78.8 cm³/mol. The molecule has 0 saturated carbocycles. The molecule has 114 valence electrons. The van der Waals surface area contributed by atoms with Crippen LogP contribution in [0.15, 0.2) is 36.5 Å². The van der Waals surface area contributed by atoms with Crippen LogP contribution in [-0.2, 0) is 17.2 Å². The van der Waals surface area contributed by atoms with E-state index in [1.54, 1.807) is 0 Å². The number of carboxylic acids is 1. The number of nitrogens with zero attached hydrogens (tertiary/aromatic N) is 2. The van der Waals surface area contributed by atoms with Crippen LogP contribution in [-0.4, -0.2) is 27.1 Å². The van der Waals surface area contributed by atoms with E-state index in [1.165, 1.54) is 0 Å². The standard InChI is InChI=1S/C14H12ClN3O4/c15-6-11-10(12(19)20)7-16-13(17-11)18-14(21)22-8-9-4-2-1-3-5-9/h1-5,7H,6,8H2,(H,19,20)(H,16,17,18,21). The van der Waals surface area contributed by atoms with Crippen molar-refractivity contribution in [3.63, 3.8) is 0 Å². The van der Waals surface area contributed by atoms with Crippen molar-refractivity contribution < 1.29 is 19.4 Å². The van der Waals surface area contributed by atoms with Crippen molar-refractivity contribution in [2.75, 3.05) is 5.32 Å². The van der Waals surface area contributed by atoms with Gasteiger partial charge in [0.15, 0.2) is 0 Å². The van der Waals surface area contributed by atoms with Crippen molar-refractivity contribution in [2.45, 2.75) is 12.5 Å². The van der Waals surface area contributed by atoms with E-state index in [-0.39, 0.29) is 29.7 Å². The number of aromatic nitrogens is 2. The Balaban J connectivity index is 1.98. The second kappa shape index (κ2) is 7.37. The maximum Gasteiger partial charge on any atom is 0.414 e. The van der Waals surface area contributed by atoms with Crippen LogP contribution < -0.4 is 5.32 Å². The summed E-state index contributed by atoms with van der Waals surface area (Å²) in [6.07, 6.45) is 0.340. The Morgan fingerprint density at radius 2 is 2.00 bits per heavy atom. The molecule has 0 aliphatic carbocycles. The third-order valence-corrected chi connectivity index (χ3v) is 2.90. The zero-order valence-corrected chi connectivity index (χ0v) is 12.1. The Morgan fingerprint density at radius 3 is 2.64 bits per heavy atom. The molecule has 0 saturated heterocycles. The van der Waals surface area contributed by atoms with Gasteiger partial charge in [0.2, 0.25) is 5.95 Å². The van der Waals surface area contributed by atoms with Crippen LogP contribution in [0.5, 0.6) is 0 Å². The molecule has 0 bridgehead atoms. The third kappa shape index (κ3) is 4.16. The smallest absolute Gasteiger partial charge is 0.414 e. The number of hydrogen-bond donors (Lipinski definition) is 2. The summed E-state index contributed by atoms with van der Waals surface area (Å²) in [5.74, 6) is -1.37. The summed E-state index contributed by atoms with van der Waals surface area (Å²) in [6.45, 7) is 0.0995. The molecule has 1 heterocycles. The third-order valence-electron chi connectivity index (χ3n) is 2.65. The van der Waals surface area contributed by atoms with E-state index in [9.17, 15) is 9.59 Å². The second-order valence-electron chi connectivity index (χ2n) is 4.18. The molecule has 0 spiro atoms. The number of ether oxygens (including phenoxy) is 1. The zero-order chi connectivity index (χ0) is 15.9. The molecule has 0 atom stereocenters. The fraction of sp³-hybridized carbons (Fsp3) is 0.143. The van der Waals surface area contributed by atoms with E-state index in [0.717, 1.165) is 11.8 Å². The molecule has 0 radical (unpaired) electrons. The zero-order valence-electron chi connectivity index (χ0n) is 11.3. The molecule has 0 unspecified atom stereocenters. The number of benzene rings is 1. The van der Waals surface area contributed by atoms with Crippen LogP contribution in [0.25, 0.3) is 0 Å². The van der Waals surface area contributed by atoms with Gasteiger partial charge in [-0.2, -0.15) is 0 Å². The Hall–Kier alpha value is -2.67. The first-order valence-corrected chi connectivity index (χ1v) is 6.76. The van der Waals surface area contributed by atoms with E-state index in [1.807, 2.05) is 30.3 Å². The number of hydrogen-bond acceptors (Lipinski definition) is 5. The van der Waals surface area contributed by atoms with Crippen LogP contribution in [0, 0.1) is 0 Å². The summed E-state index contributed by atoms with van der Waals surface area (Å²) < 4.78 is 5.00. The van der Waals surface area contributed by atoms with Gasteiger partial charge in [0.25, 0.3) is 0 Å². The summed E-state index contributed by atoms with van der Waals surface area (Å²) in [4.78, 5) is 30.2. The average Bonchev–Trinajstić information content (AvgIpc) is 2.53. The monoisotopic (exact) mass is 321 g/mol. The molecule has 1 aromatic heterocycles. The molecule has 7 nitrogen and oxygen atoms in total. The first-order valence-electron chi connectivity index (χ1n) is 6.23. The Kier molecular flexibility index (Phi) is 5.26. The van der Waals surface area contributed by atoms with Gasteiger partial charge in [0, 0.05) is 6.20 Å². The summed E-state index contributed by atoms with van der Waals surface area (Å²) in [5, 5.41) is 11.2. The quantitative estimate of drug-likeness (QED) is 0.821. The van der Waals surface area contributed by atoms with Crippen molar-refractivity contribution in [1.29, 1.82) is 0 Å². The number of carboxylic acid groups (broad SMARTS) is 1. The largest absolute Gasteiger partial charge is 0.478 e. The molecule has 0 aliphatic rings. The molecular weight excluding hydrogens is 310 g/mol. The van der Waals surface area contributed by atoms with Gasteiger partial charge in [-0.25, -0.2) is 19.6 Å². The van der Waals surface area contributed by atoms with Crippen molar-refractivity contribution in [3.8, 4) is 0 Å². The number of carbonyl (C=O) groups excluding carboxylic acids is 1. The average molecular weight is 322 g/mol. The van der Waals surface area contributed by atoms with E-state index in [0.29, 0.717) is 0 Å². The molecule has 22 heavy (non-hydrogen) atoms. The number of alkyl halides is 1. The second-order valence-corrected chi connectivity index (χ2v) is 4.45. The fourth-order valence-electron chi connectivity index (χ4n) is 1.61. The molecule has 2 aromatic rings. The first-order chi connectivity index (χ1) is 10.6. The number of amides is 1. The summed E-state index contributed by atoms with van der Waals surface area (Å²) in [6, 6.07) is 9.15. The molecule has 2 N–H and O–H groups in total. The molecule has 0 fully saturated rings. The van der Waals surface area contributed by atoms with Gasteiger partial charge in [-0.05, 0) is 5.56 Å².